The molecule has 2 aromatic carbocycles. The van der Waals surface area contributed by atoms with Gasteiger partial charge in [0.1, 0.15) is 11.5 Å². The maximum atomic E-state index is 12.3. The first-order chi connectivity index (χ1) is 12.1. The summed E-state index contributed by atoms with van der Waals surface area (Å²) in [4.78, 5) is 15.3. The number of ether oxygens (including phenoxy) is 2. The summed E-state index contributed by atoms with van der Waals surface area (Å²) < 4.78 is 10.5. The molecule has 0 radical (unpaired) electrons. The Morgan fingerprint density at radius 1 is 1.04 bits per heavy atom. The lowest BCUT2D eigenvalue weighted by Gasteiger charge is -2.18. The molecule has 2 rings (SSSR count). The van der Waals surface area contributed by atoms with Gasteiger partial charge in [0, 0.05) is 30.5 Å². The quantitative estimate of drug-likeness (QED) is 0.496. The van der Waals surface area contributed by atoms with Crippen LogP contribution in [0.2, 0.25) is 0 Å². The molecule has 0 aromatic heterocycles. The monoisotopic (exact) mass is 359 g/mol. The molecule has 0 saturated heterocycles. The van der Waals surface area contributed by atoms with Crippen molar-refractivity contribution in [2.24, 2.45) is 0 Å². The first kappa shape index (κ1) is 19.2. The SMILES string of the molecule is COc1ccc(SCCCC(=O)N(C)Cc2ccccc2OC)cc1. The van der Waals surface area contributed by atoms with Crippen LogP contribution in [-0.2, 0) is 11.3 Å². The lowest BCUT2D eigenvalue weighted by atomic mass is 10.2. The fourth-order valence-electron chi connectivity index (χ4n) is 2.45. The number of amides is 1. The molecule has 0 heterocycles. The number of carbonyl (C=O) groups is 1. The van der Waals surface area contributed by atoms with Crippen LogP contribution >= 0.6 is 11.8 Å². The van der Waals surface area contributed by atoms with Gasteiger partial charge in [-0.1, -0.05) is 18.2 Å². The average Bonchev–Trinajstić information content (AvgIpc) is 2.65. The third kappa shape index (κ3) is 6.02. The summed E-state index contributed by atoms with van der Waals surface area (Å²) in [5.41, 5.74) is 1.02. The Hall–Kier alpha value is -2.14. The minimum absolute atomic E-state index is 0.154. The Morgan fingerprint density at radius 2 is 1.76 bits per heavy atom. The predicted molar refractivity (Wildman–Crippen MR) is 102 cm³/mol. The van der Waals surface area contributed by atoms with Crippen molar-refractivity contribution in [3.63, 3.8) is 0 Å². The van der Waals surface area contributed by atoms with Crippen molar-refractivity contribution in [3.05, 3.63) is 54.1 Å². The van der Waals surface area contributed by atoms with Crippen LogP contribution in [0.15, 0.2) is 53.4 Å². The van der Waals surface area contributed by atoms with Crippen molar-refractivity contribution in [2.75, 3.05) is 27.0 Å². The fraction of sp³-hybridized carbons (Fsp3) is 0.350. The summed E-state index contributed by atoms with van der Waals surface area (Å²) in [6, 6.07) is 15.8. The van der Waals surface area contributed by atoms with E-state index in [1.165, 1.54) is 4.90 Å². The van der Waals surface area contributed by atoms with Crippen LogP contribution in [0.1, 0.15) is 18.4 Å². The number of hydrogen-bond acceptors (Lipinski definition) is 4. The first-order valence-electron chi connectivity index (χ1n) is 8.26. The second-order valence-electron chi connectivity index (χ2n) is 5.69. The second-order valence-corrected chi connectivity index (χ2v) is 6.86. The summed E-state index contributed by atoms with van der Waals surface area (Å²) in [6.07, 6.45) is 1.40. The Kier molecular flexibility index (Phi) is 7.67. The molecule has 2 aromatic rings. The van der Waals surface area contributed by atoms with Gasteiger partial charge in [0.25, 0.3) is 0 Å². The Labute approximate surface area is 154 Å². The van der Waals surface area contributed by atoms with E-state index in [1.807, 2.05) is 55.6 Å². The van der Waals surface area contributed by atoms with Crippen LogP contribution in [0.5, 0.6) is 11.5 Å². The summed E-state index contributed by atoms with van der Waals surface area (Å²) in [5.74, 6) is 2.75. The summed E-state index contributed by atoms with van der Waals surface area (Å²) in [7, 11) is 5.15. The van der Waals surface area contributed by atoms with Crippen LogP contribution in [0.4, 0.5) is 0 Å². The van der Waals surface area contributed by atoms with E-state index in [0.29, 0.717) is 13.0 Å². The van der Waals surface area contributed by atoms with Crippen molar-refractivity contribution in [1.82, 2.24) is 4.90 Å². The summed E-state index contributed by atoms with van der Waals surface area (Å²) in [5, 5.41) is 0. The van der Waals surface area contributed by atoms with Crippen molar-refractivity contribution in [3.8, 4) is 11.5 Å². The molecule has 0 saturated carbocycles. The van der Waals surface area contributed by atoms with E-state index in [1.54, 1.807) is 30.9 Å². The number of carbonyl (C=O) groups excluding carboxylic acids is 1. The van der Waals surface area contributed by atoms with Gasteiger partial charge in [0.2, 0.25) is 5.91 Å². The number of nitrogens with zero attached hydrogens (tertiary/aromatic N) is 1. The molecule has 0 aliphatic rings. The second kappa shape index (κ2) is 9.99. The highest BCUT2D eigenvalue weighted by Gasteiger charge is 2.11. The van der Waals surface area contributed by atoms with Gasteiger partial charge in [-0.3, -0.25) is 4.79 Å². The molecular formula is C20H25NO3S. The Morgan fingerprint density at radius 3 is 2.44 bits per heavy atom. The molecule has 1 amide bonds. The van der Waals surface area contributed by atoms with Gasteiger partial charge in [0.15, 0.2) is 0 Å². The van der Waals surface area contributed by atoms with Gasteiger partial charge in [-0.2, -0.15) is 0 Å². The van der Waals surface area contributed by atoms with Gasteiger partial charge in [0.05, 0.1) is 14.2 Å². The standard InChI is InChI=1S/C20H25NO3S/c1-21(15-16-7-4-5-8-19(16)24-3)20(22)9-6-14-25-18-12-10-17(23-2)11-13-18/h4-5,7-8,10-13H,6,9,14-15H2,1-3H3. The van der Waals surface area contributed by atoms with Gasteiger partial charge < -0.3 is 14.4 Å². The molecule has 0 bridgehead atoms. The maximum absolute atomic E-state index is 12.3. The number of methoxy groups -OCH3 is 2. The van der Waals surface area contributed by atoms with Crippen molar-refractivity contribution < 1.29 is 14.3 Å². The first-order valence-corrected chi connectivity index (χ1v) is 9.25. The van der Waals surface area contributed by atoms with Crippen LogP contribution in [-0.4, -0.2) is 37.8 Å². The topological polar surface area (TPSA) is 38.8 Å². The van der Waals surface area contributed by atoms with Crippen LogP contribution < -0.4 is 9.47 Å². The molecule has 0 fully saturated rings. The third-order valence-electron chi connectivity index (χ3n) is 3.89. The Bertz CT molecular complexity index is 673. The van der Waals surface area contributed by atoms with E-state index in [0.717, 1.165) is 29.2 Å². The van der Waals surface area contributed by atoms with E-state index in [2.05, 4.69) is 0 Å². The zero-order valence-electron chi connectivity index (χ0n) is 15.0. The fourth-order valence-corrected chi connectivity index (χ4v) is 3.31. The molecule has 0 N–H and O–H groups in total. The van der Waals surface area contributed by atoms with E-state index in [-0.39, 0.29) is 5.91 Å². The highest BCUT2D eigenvalue weighted by molar-refractivity contribution is 7.99. The highest BCUT2D eigenvalue weighted by Crippen LogP contribution is 2.23. The summed E-state index contributed by atoms with van der Waals surface area (Å²) in [6.45, 7) is 0.564. The molecule has 4 nitrogen and oxygen atoms in total. The Balaban J connectivity index is 1.73. The molecule has 0 atom stereocenters. The van der Waals surface area contributed by atoms with Crippen LogP contribution in [0.25, 0.3) is 0 Å². The van der Waals surface area contributed by atoms with Crippen molar-refractivity contribution >= 4 is 17.7 Å². The van der Waals surface area contributed by atoms with Crippen LogP contribution in [0.3, 0.4) is 0 Å². The molecule has 0 spiro atoms. The van der Waals surface area contributed by atoms with E-state index >= 15 is 0 Å². The number of thioether (sulfide) groups is 1. The normalized spacial score (nSPS) is 10.4. The van der Waals surface area contributed by atoms with Gasteiger partial charge >= 0.3 is 0 Å². The molecule has 5 heteroatoms. The van der Waals surface area contributed by atoms with Gasteiger partial charge in [-0.15, -0.1) is 11.8 Å². The third-order valence-corrected chi connectivity index (χ3v) is 4.99. The smallest absolute Gasteiger partial charge is 0.222 e. The van der Waals surface area contributed by atoms with Gasteiger partial charge in [-0.05, 0) is 42.5 Å². The molecule has 134 valence electrons. The minimum atomic E-state index is 0.154. The minimum Gasteiger partial charge on any atom is -0.497 e. The summed E-state index contributed by atoms with van der Waals surface area (Å²) >= 11 is 1.76. The highest BCUT2D eigenvalue weighted by atomic mass is 32.2. The lowest BCUT2D eigenvalue weighted by molar-refractivity contribution is -0.130. The largest absolute Gasteiger partial charge is 0.497 e. The van der Waals surface area contributed by atoms with E-state index in [9.17, 15) is 4.79 Å². The molecule has 25 heavy (non-hydrogen) atoms. The predicted octanol–water partition coefficient (Wildman–Crippen LogP) is 4.23. The number of para-hydroxylation sites is 1. The molecular weight excluding hydrogens is 334 g/mol. The van der Waals surface area contributed by atoms with E-state index in [4.69, 9.17) is 9.47 Å². The molecule has 0 aliphatic heterocycles. The maximum Gasteiger partial charge on any atom is 0.222 e. The zero-order valence-corrected chi connectivity index (χ0v) is 15.8. The number of benzene rings is 2. The molecule has 0 aliphatic carbocycles. The lowest BCUT2D eigenvalue weighted by Crippen LogP contribution is -2.26. The van der Waals surface area contributed by atoms with Crippen LogP contribution in [0, 0.1) is 0 Å². The van der Waals surface area contributed by atoms with Crippen molar-refractivity contribution in [1.29, 1.82) is 0 Å². The number of hydrogen-bond donors (Lipinski definition) is 0. The van der Waals surface area contributed by atoms with Gasteiger partial charge in [-0.25, -0.2) is 0 Å². The van der Waals surface area contributed by atoms with E-state index < -0.39 is 0 Å². The molecule has 0 unspecified atom stereocenters. The number of rotatable bonds is 9. The van der Waals surface area contributed by atoms with Crippen molar-refractivity contribution in [2.45, 2.75) is 24.3 Å². The average molecular weight is 359 g/mol. The zero-order chi connectivity index (χ0) is 18.1.